The summed E-state index contributed by atoms with van der Waals surface area (Å²) in [5.41, 5.74) is 0. The summed E-state index contributed by atoms with van der Waals surface area (Å²) in [6, 6.07) is 0. The van der Waals surface area contributed by atoms with E-state index in [1.807, 2.05) is 6.08 Å². The second-order valence-corrected chi connectivity index (χ2v) is 3.72. The molecule has 2 atom stereocenters. The molecular formula is C8H12S. The van der Waals surface area contributed by atoms with Crippen molar-refractivity contribution in [1.29, 1.82) is 0 Å². The summed E-state index contributed by atoms with van der Waals surface area (Å²) >= 11 is 4.47. The zero-order valence-corrected chi connectivity index (χ0v) is 6.73. The van der Waals surface area contributed by atoms with E-state index < -0.39 is 0 Å². The molecule has 0 aromatic carbocycles. The third kappa shape index (κ3) is 1.39. The maximum atomic E-state index is 4.47. The Balaban J connectivity index is 2.78. The fourth-order valence-corrected chi connectivity index (χ4v) is 1.000. The predicted octanol–water partition coefficient (Wildman–Crippen LogP) is 2.44. The Morgan fingerprint density at radius 3 is 2.44 bits per heavy atom. The van der Waals surface area contributed by atoms with E-state index in [1.54, 1.807) is 0 Å². The Labute approximate surface area is 62.1 Å². The van der Waals surface area contributed by atoms with E-state index >= 15 is 0 Å². The Bertz CT molecular complexity index is 154. The van der Waals surface area contributed by atoms with Gasteiger partial charge >= 0.3 is 0 Å². The molecule has 0 spiro atoms. The van der Waals surface area contributed by atoms with Gasteiger partial charge in [-0.05, 0) is 12.8 Å². The molecule has 0 heterocycles. The average molecular weight is 140 g/mol. The van der Waals surface area contributed by atoms with E-state index in [0.717, 1.165) is 0 Å². The molecule has 0 bridgehead atoms. The molecule has 0 saturated carbocycles. The van der Waals surface area contributed by atoms with E-state index in [4.69, 9.17) is 0 Å². The third-order valence-corrected chi connectivity index (χ3v) is 2.42. The van der Waals surface area contributed by atoms with Crippen molar-refractivity contribution in [3.8, 4) is 0 Å². The van der Waals surface area contributed by atoms with Gasteiger partial charge in [0, 0.05) is 4.75 Å². The molecule has 0 fully saturated rings. The first-order valence-corrected chi connectivity index (χ1v) is 3.66. The minimum Gasteiger partial charge on any atom is -0.168 e. The van der Waals surface area contributed by atoms with Crippen LogP contribution in [0.15, 0.2) is 24.3 Å². The highest BCUT2D eigenvalue weighted by Gasteiger charge is 2.22. The van der Waals surface area contributed by atoms with Gasteiger partial charge in [-0.3, -0.25) is 0 Å². The molecular weight excluding hydrogens is 128 g/mol. The van der Waals surface area contributed by atoms with Crippen molar-refractivity contribution >= 4 is 12.6 Å². The molecule has 0 nitrogen and oxygen atoms in total. The lowest BCUT2D eigenvalue weighted by Crippen LogP contribution is -2.23. The second-order valence-electron chi connectivity index (χ2n) is 2.76. The van der Waals surface area contributed by atoms with Crippen molar-refractivity contribution < 1.29 is 0 Å². The smallest absolute Gasteiger partial charge is 0.0343 e. The Hall–Kier alpha value is -0.170. The van der Waals surface area contributed by atoms with Crippen LogP contribution in [-0.4, -0.2) is 4.75 Å². The molecule has 0 radical (unpaired) electrons. The standard InChI is InChI=1S/C8H12S/c1-7-5-3-4-6-8(7,2)9/h3-7,9H,1-2H3. The van der Waals surface area contributed by atoms with Crippen LogP contribution >= 0.6 is 12.6 Å². The lowest BCUT2D eigenvalue weighted by atomic mass is 9.91. The number of hydrogen-bond donors (Lipinski definition) is 1. The van der Waals surface area contributed by atoms with E-state index in [0.29, 0.717) is 5.92 Å². The molecule has 9 heavy (non-hydrogen) atoms. The Morgan fingerprint density at radius 1 is 1.44 bits per heavy atom. The SMILES string of the molecule is CC1C=CC=CC1(C)S. The van der Waals surface area contributed by atoms with E-state index in [-0.39, 0.29) is 4.75 Å². The fourth-order valence-electron chi connectivity index (χ4n) is 0.828. The zero-order valence-electron chi connectivity index (χ0n) is 5.83. The van der Waals surface area contributed by atoms with Gasteiger partial charge in [0.25, 0.3) is 0 Å². The molecule has 2 unspecified atom stereocenters. The van der Waals surface area contributed by atoms with Crippen LogP contribution in [0, 0.1) is 5.92 Å². The minimum atomic E-state index is 0.0642. The average Bonchev–Trinajstić information content (AvgIpc) is 1.77. The quantitative estimate of drug-likeness (QED) is 0.491. The molecule has 1 rings (SSSR count). The van der Waals surface area contributed by atoms with Gasteiger partial charge in [0.05, 0.1) is 0 Å². The van der Waals surface area contributed by atoms with Gasteiger partial charge in [-0.15, -0.1) is 0 Å². The summed E-state index contributed by atoms with van der Waals surface area (Å²) in [5, 5.41) is 0. The first kappa shape index (κ1) is 6.94. The fraction of sp³-hybridized carbons (Fsp3) is 0.500. The van der Waals surface area contributed by atoms with E-state index in [2.05, 4.69) is 44.7 Å². The Kier molecular flexibility index (Phi) is 1.71. The van der Waals surface area contributed by atoms with Crippen LogP contribution in [0.5, 0.6) is 0 Å². The van der Waals surface area contributed by atoms with Crippen LogP contribution in [0.25, 0.3) is 0 Å². The van der Waals surface area contributed by atoms with Gasteiger partial charge in [-0.1, -0.05) is 31.2 Å². The van der Waals surface area contributed by atoms with Crippen molar-refractivity contribution in [1.82, 2.24) is 0 Å². The lowest BCUT2D eigenvalue weighted by Gasteiger charge is -2.26. The summed E-state index contributed by atoms with van der Waals surface area (Å²) in [7, 11) is 0. The molecule has 0 amide bonds. The largest absolute Gasteiger partial charge is 0.168 e. The van der Waals surface area contributed by atoms with Crippen LogP contribution in [0.4, 0.5) is 0 Å². The van der Waals surface area contributed by atoms with Crippen LogP contribution in [0.3, 0.4) is 0 Å². The van der Waals surface area contributed by atoms with Crippen molar-refractivity contribution in [3.63, 3.8) is 0 Å². The number of rotatable bonds is 0. The van der Waals surface area contributed by atoms with Crippen LogP contribution < -0.4 is 0 Å². The molecule has 0 N–H and O–H groups in total. The highest BCUT2D eigenvalue weighted by Crippen LogP contribution is 2.29. The molecule has 1 aliphatic rings. The van der Waals surface area contributed by atoms with Gasteiger partial charge in [0.1, 0.15) is 0 Å². The maximum Gasteiger partial charge on any atom is 0.0343 e. The lowest BCUT2D eigenvalue weighted by molar-refractivity contribution is 0.605. The van der Waals surface area contributed by atoms with Gasteiger partial charge < -0.3 is 0 Å². The van der Waals surface area contributed by atoms with Crippen molar-refractivity contribution in [3.05, 3.63) is 24.3 Å². The minimum absolute atomic E-state index is 0.0642. The highest BCUT2D eigenvalue weighted by atomic mass is 32.1. The summed E-state index contributed by atoms with van der Waals surface area (Å²) in [5.74, 6) is 0.547. The van der Waals surface area contributed by atoms with E-state index in [1.165, 1.54) is 0 Å². The Morgan fingerprint density at radius 2 is 2.11 bits per heavy atom. The summed E-state index contributed by atoms with van der Waals surface area (Å²) in [6.07, 6.45) is 8.42. The predicted molar refractivity (Wildman–Crippen MR) is 44.8 cm³/mol. The van der Waals surface area contributed by atoms with Gasteiger partial charge in [-0.25, -0.2) is 0 Å². The summed E-state index contributed by atoms with van der Waals surface area (Å²) in [6.45, 7) is 4.30. The first-order valence-electron chi connectivity index (χ1n) is 3.21. The molecule has 0 aliphatic heterocycles. The van der Waals surface area contributed by atoms with Crippen LogP contribution in [0.2, 0.25) is 0 Å². The van der Waals surface area contributed by atoms with E-state index in [9.17, 15) is 0 Å². The number of thiol groups is 1. The second kappa shape index (κ2) is 2.22. The molecule has 1 heteroatoms. The third-order valence-electron chi connectivity index (χ3n) is 1.87. The van der Waals surface area contributed by atoms with Crippen LogP contribution in [0.1, 0.15) is 13.8 Å². The molecule has 50 valence electrons. The topological polar surface area (TPSA) is 0 Å². The van der Waals surface area contributed by atoms with Crippen LogP contribution in [-0.2, 0) is 0 Å². The van der Waals surface area contributed by atoms with Gasteiger partial charge in [0.15, 0.2) is 0 Å². The van der Waals surface area contributed by atoms with Gasteiger partial charge in [0.2, 0.25) is 0 Å². The summed E-state index contributed by atoms with van der Waals surface area (Å²) < 4.78 is 0.0642. The monoisotopic (exact) mass is 140 g/mol. The van der Waals surface area contributed by atoms with Crippen molar-refractivity contribution in [2.45, 2.75) is 18.6 Å². The highest BCUT2D eigenvalue weighted by molar-refractivity contribution is 7.82. The van der Waals surface area contributed by atoms with Crippen molar-refractivity contribution in [2.24, 2.45) is 5.92 Å². The molecule has 0 saturated heterocycles. The molecule has 0 aromatic heterocycles. The first-order chi connectivity index (χ1) is 4.13. The van der Waals surface area contributed by atoms with Gasteiger partial charge in [-0.2, -0.15) is 12.6 Å². The normalized spacial score (nSPS) is 41.4. The number of hydrogen-bond acceptors (Lipinski definition) is 1. The maximum absolute atomic E-state index is 4.47. The molecule has 1 aliphatic carbocycles. The number of allylic oxidation sites excluding steroid dienone is 3. The molecule has 0 aromatic rings. The van der Waals surface area contributed by atoms with Crippen molar-refractivity contribution in [2.75, 3.05) is 0 Å². The summed E-state index contributed by atoms with van der Waals surface area (Å²) in [4.78, 5) is 0. The zero-order chi connectivity index (χ0) is 6.91.